The number of carbonyl (C=O) groups excluding carboxylic acids is 1. The predicted octanol–water partition coefficient (Wildman–Crippen LogP) is -0.970. The molecule has 0 aromatic carbocycles. The number of hydrogen-bond acceptors (Lipinski definition) is 4. The maximum atomic E-state index is 11.5. The highest BCUT2D eigenvalue weighted by Gasteiger charge is 2.25. The molecule has 7 heteroatoms. The van der Waals surface area contributed by atoms with Gasteiger partial charge in [0.05, 0.1) is 6.42 Å². The summed E-state index contributed by atoms with van der Waals surface area (Å²) < 4.78 is 0. The second kappa shape index (κ2) is 6.19. The lowest BCUT2D eigenvalue weighted by Gasteiger charge is -2.14. The van der Waals surface area contributed by atoms with E-state index in [0.29, 0.717) is 0 Å². The Hall–Kier alpha value is -1.63. The molecule has 2 atom stereocenters. The Bertz CT molecular complexity index is 312. The van der Waals surface area contributed by atoms with E-state index in [1.165, 1.54) is 0 Å². The molecule has 0 aromatic rings. The van der Waals surface area contributed by atoms with Crippen LogP contribution in [0.3, 0.4) is 0 Å². The van der Waals surface area contributed by atoms with Crippen molar-refractivity contribution in [2.75, 3.05) is 13.1 Å². The van der Waals surface area contributed by atoms with Gasteiger partial charge < -0.3 is 20.8 Å². The zero-order valence-electron chi connectivity index (χ0n) is 9.31. The average Bonchev–Trinajstić information content (AvgIpc) is 2.68. The number of rotatable bonds is 6. The SMILES string of the molecule is O=C(O)CC(NC(=O)CC1CCNC1)C(=O)O. The quantitative estimate of drug-likeness (QED) is 0.478. The summed E-state index contributed by atoms with van der Waals surface area (Å²) in [6, 6.07) is -1.35. The lowest BCUT2D eigenvalue weighted by Crippen LogP contribution is -2.42. The Morgan fingerprint density at radius 3 is 2.53 bits per heavy atom. The first kappa shape index (κ1) is 13.4. The van der Waals surface area contributed by atoms with Gasteiger partial charge >= 0.3 is 11.9 Å². The number of carboxylic acid groups (broad SMARTS) is 2. The van der Waals surface area contributed by atoms with Gasteiger partial charge in [-0.15, -0.1) is 0 Å². The largest absolute Gasteiger partial charge is 0.481 e. The molecule has 0 aromatic heterocycles. The normalized spacial score (nSPS) is 20.8. The highest BCUT2D eigenvalue weighted by molar-refractivity contribution is 5.86. The molecule has 1 rings (SSSR count). The molecule has 1 aliphatic rings. The monoisotopic (exact) mass is 244 g/mol. The molecular weight excluding hydrogens is 228 g/mol. The summed E-state index contributed by atoms with van der Waals surface area (Å²) >= 11 is 0. The lowest BCUT2D eigenvalue weighted by molar-refractivity contribution is -0.147. The Labute approximate surface area is 98.2 Å². The summed E-state index contributed by atoms with van der Waals surface area (Å²) in [4.78, 5) is 32.6. The second-order valence-corrected chi connectivity index (χ2v) is 4.12. The molecule has 7 nitrogen and oxygen atoms in total. The molecule has 0 spiro atoms. The minimum Gasteiger partial charge on any atom is -0.481 e. The zero-order valence-corrected chi connectivity index (χ0v) is 9.31. The van der Waals surface area contributed by atoms with Gasteiger partial charge in [0.15, 0.2) is 0 Å². The number of amides is 1. The number of hydrogen-bond donors (Lipinski definition) is 4. The number of aliphatic carboxylic acids is 2. The molecule has 0 bridgehead atoms. The Balaban J connectivity index is 2.40. The van der Waals surface area contributed by atoms with Crippen molar-refractivity contribution >= 4 is 17.8 Å². The fraction of sp³-hybridized carbons (Fsp3) is 0.700. The van der Waals surface area contributed by atoms with Crippen LogP contribution in [0.2, 0.25) is 0 Å². The molecular formula is C10H16N2O5. The summed E-state index contributed by atoms with van der Waals surface area (Å²) in [6.45, 7) is 1.60. The second-order valence-electron chi connectivity index (χ2n) is 4.12. The molecule has 0 radical (unpaired) electrons. The number of carbonyl (C=O) groups is 3. The van der Waals surface area contributed by atoms with E-state index in [1.807, 2.05) is 0 Å². The fourth-order valence-corrected chi connectivity index (χ4v) is 1.78. The van der Waals surface area contributed by atoms with E-state index in [4.69, 9.17) is 10.2 Å². The van der Waals surface area contributed by atoms with Gasteiger partial charge in [0, 0.05) is 6.42 Å². The molecule has 17 heavy (non-hydrogen) atoms. The van der Waals surface area contributed by atoms with E-state index in [-0.39, 0.29) is 12.3 Å². The Kier molecular flexibility index (Phi) is 4.89. The Morgan fingerprint density at radius 1 is 1.35 bits per heavy atom. The van der Waals surface area contributed by atoms with E-state index < -0.39 is 30.3 Å². The predicted molar refractivity (Wildman–Crippen MR) is 57.4 cm³/mol. The zero-order chi connectivity index (χ0) is 12.8. The van der Waals surface area contributed by atoms with Gasteiger partial charge in [-0.3, -0.25) is 9.59 Å². The van der Waals surface area contributed by atoms with Crippen LogP contribution in [0, 0.1) is 5.92 Å². The molecule has 0 saturated carbocycles. The minimum absolute atomic E-state index is 0.203. The van der Waals surface area contributed by atoms with Crippen molar-refractivity contribution < 1.29 is 24.6 Å². The van der Waals surface area contributed by atoms with E-state index in [9.17, 15) is 14.4 Å². The van der Waals surface area contributed by atoms with Gasteiger partial charge in [-0.25, -0.2) is 4.79 Å². The molecule has 0 aliphatic carbocycles. The van der Waals surface area contributed by atoms with Crippen molar-refractivity contribution in [1.29, 1.82) is 0 Å². The molecule has 2 unspecified atom stereocenters. The molecule has 1 saturated heterocycles. The highest BCUT2D eigenvalue weighted by atomic mass is 16.4. The summed E-state index contributed by atoms with van der Waals surface area (Å²) in [6.07, 6.45) is 0.504. The molecule has 1 amide bonds. The van der Waals surface area contributed by atoms with Crippen LogP contribution in [0.1, 0.15) is 19.3 Å². The first-order valence-corrected chi connectivity index (χ1v) is 5.43. The van der Waals surface area contributed by atoms with Crippen molar-refractivity contribution in [2.24, 2.45) is 5.92 Å². The van der Waals surface area contributed by atoms with Crippen LogP contribution >= 0.6 is 0 Å². The average molecular weight is 244 g/mol. The smallest absolute Gasteiger partial charge is 0.326 e. The summed E-state index contributed by atoms with van der Waals surface area (Å²) in [5.74, 6) is -2.79. The van der Waals surface area contributed by atoms with Crippen molar-refractivity contribution in [3.8, 4) is 0 Å². The van der Waals surface area contributed by atoms with Crippen LogP contribution in [-0.4, -0.2) is 47.2 Å². The molecule has 1 fully saturated rings. The third kappa shape index (κ3) is 4.81. The summed E-state index contributed by atoms with van der Waals surface area (Å²) in [5, 5.41) is 22.6. The van der Waals surface area contributed by atoms with Crippen molar-refractivity contribution in [3.63, 3.8) is 0 Å². The highest BCUT2D eigenvalue weighted by Crippen LogP contribution is 2.11. The standard InChI is InChI=1S/C10H16N2O5/c13-8(3-6-1-2-11-5-6)12-7(10(16)17)4-9(14)15/h6-7,11H,1-5H2,(H,12,13)(H,14,15)(H,16,17). The van der Waals surface area contributed by atoms with Crippen molar-refractivity contribution in [3.05, 3.63) is 0 Å². The van der Waals surface area contributed by atoms with Crippen LogP contribution in [-0.2, 0) is 14.4 Å². The van der Waals surface area contributed by atoms with Crippen molar-refractivity contribution in [2.45, 2.75) is 25.3 Å². The maximum absolute atomic E-state index is 11.5. The lowest BCUT2D eigenvalue weighted by atomic mass is 10.0. The van der Waals surface area contributed by atoms with Gasteiger partial charge in [-0.05, 0) is 25.4 Å². The summed E-state index contributed by atoms with van der Waals surface area (Å²) in [7, 11) is 0. The van der Waals surface area contributed by atoms with E-state index in [0.717, 1.165) is 19.5 Å². The van der Waals surface area contributed by atoms with E-state index in [1.54, 1.807) is 0 Å². The van der Waals surface area contributed by atoms with Gasteiger partial charge in [0.1, 0.15) is 6.04 Å². The van der Waals surface area contributed by atoms with Gasteiger partial charge in [0.2, 0.25) is 5.91 Å². The Morgan fingerprint density at radius 2 is 2.06 bits per heavy atom. The van der Waals surface area contributed by atoms with Crippen LogP contribution in [0.25, 0.3) is 0 Å². The van der Waals surface area contributed by atoms with Gasteiger partial charge in [-0.1, -0.05) is 0 Å². The van der Waals surface area contributed by atoms with Gasteiger partial charge in [-0.2, -0.15) is 0 Å². The van der Waals surface area contributed by atoms with E-state index >= 15 is 0 Å². The molecule has 96 valence electrons. The van der Waals surface area contributed by atoms with E-state index in [2.05, 4.69) is 10.6 Å². The number of carboxylic acids is 2. The first-order valence-electron chi connectivity index (χ1n) is 5.43. The maximum Gasteiger partial charge on any atom is 0.326 e. The van der Waals surface area contributed by atoms with Crippen LogP contribution < -0.4 is 10.6 Å². The van der Waals surface area contributed by atoms with Crippen molar-refractivity contribution in [1.82, 2.24) is 10.6 Å². The third-order valence-corrected chi connectivity index (χ3v) is 2.65. The first-order chi connectivity index (χ1) is 7.99. The molecule has 1 aliphatic heterocycles. The van der Waals surface area contributed by atoms with Crippen LogP contribution in [0.15, 0.2) is 0 Å². The molecule has 4 N–H and O–H groups in total. The minimum atomic E-state index is -1.35. The topological polar surface area (TPSA) is 116 Å². The van der Waals surface area contributed by atoms with Gasteiger partial charge in [0.25, 0.3) is 0 Å². The number of nitrogens with one attached hydrogen (secondary N) is 2. The fourth-order valence-electron chi connectivity index (χ4n) is 1.78. The molecule has 1 heterocycles. The van der Waals surface area contributed by atoms with Crippen LogP contribution in [0.5, 0.6) is 0 Å². The van der Waals surface area contributed by atoms with Crippen LogP contribution in [0.4, 0.5) is 0 Å². The third-order valence-electron chi connectivity index (χ3n) is 2.65. The summed E-state index contributed by atoms with van der Waals surface area (Å²) in [5.41, 5.74) is 0.